The number of hydrogen-bond acceptors (Lipinski definition) is 6. The van der Waals surface area contributed by atoms with E-state index in [9.17, 15) is 14.9 Å². The number of pyridine rings is 1. The fourth-order valence-corrected chi connectivity index (χ4v) is 4.48. The number of nitrogens with one attached hydrogen (secondary N) is 2. The number of nitro groups is 1. The van der Waals surface area contributed by atoms with E-state index < -0.39 is 11.0 Å². The van der Waals surface area contributed by atoms with Gasteiger partial charge in [-0.15, -0.1) is 0 Å². The van der Waals surface area contributed by atoms with Crippen molar-refractivity contribution in [2.45, 2.75) is 12.1 Å². The average molecular weight is 500 g/mol. The highest BCUT2D eigenvalue weighted by Gasteiger charge is 2.42. The highest BCUT2D eigenvalue weighted by Crippen LogP contribution is 2.40. The summed E-state index contributed by atoms with van der Waals surface area (Å²) in [5.41, 5.74) is 2.14. The standard InChI is InChI=1S/C26H21N5O4S/c32-23(28-18-6-2-1-3-7-18)16-30-25(24(29-26(30)36)20-8-4-5-15-27-20)22-14-13-21(35-22)17-9-11-19(12-10-17)31(33)34/h1-15,24-25H,16H2,(H,28,32)(H,29,36)/t24-,25+/m1/s1. The Balaban J connectivity index is 1.45. The number of benzene rings is 2. The SMILES string of the molecule is O=C(CN1C(=S)N[C@H](c2ccccn2)[C@@H]1c1ccc(-c2ccc([N+](=O)[O-])cc2)o1)Nc1ccccc1. The third kappa shape index (κ3) is 4.80. The highest BCUT2D eigenvalue weighted by atomic mass is 32.1. The van der Waals surface area contributed by atoms with Gasteiger partial charge in [0.05, 0.1) is 16.7 Å². The van der Waals surface area contributed by atoms with Gasteiger partial charge < -0.3 is 20.0 Å². The molecule has 9 nitrogen and oxygen atoms in total. The highest BCUT2D eigenvalue weighted by molar-refractivity contribution is 7.80. The Kier molecular flexibility index (Phi) is 6.42. The van der Waals surface area contributed by atoms with Gasteiger partial charge in [-0.1, -0.05) is 24.3 Å². The molecule has 1 fully saturated rings. The number of amides is 1. The number of furan rings is 1. The second-order valence-electron chi connectivity index (χ2n) is 8.17. The molecule has 1 aliphatic rings. The Morgan fingerprint density at radius 3 is 2.50 bits per heavy atom. The van der Waals surface area contributed by atoms with Crippen LogP contribution in [0.25, 0.3) is 11.3 Å². The van der Waals surface area contributed by atoms with Crippen molar-refractivity contribution < 1.29 is 14.1 Å². The van der Waals surface area contributed by atoms with E-state index in [1.807, 2.05) is 54.6 Å². The summed E-state index contributed by atoms with van der Waals surface area (Å²) in [6.45, 7) is 0.00227. The maximum absolute atomic E-state index is 12.9. The quantitative estimate of drug-likeness (QED) is 0.211. The van der Waals surface area contributed by atoms with E-state index in [2.05, 4.69) is 15.6 Å². The third-order valence-corrected chi connectivity index (χ3v) is 6.20. The summed E-state index contributed by atoms with van der Waals surface area (Å²) >= 11 is 5.62. The van der Waals surface area contributed by atoms with Gasteiger partial charge in [-0.05, 0) is 60.7 Å². The summed E-state index contributed by atoms with van der Waals surface area (Å²) in [6.07, 6.45) is 1.70. The minimum atomic E-state index is -0.446. The van der Waals surface area contributed by atoms with E-state index in [1.165, 1.54) is 12.1 Å². The number of carbonyl (C=O) groups is 1. The zero-order chi connectivity index (χ0) is 25.1. The van der Waals surface area contributed by atoms with Crippen LogP contribution >= 0.6 is 12.2 Å². The lowest BCUT2D eigenvalue weighted by Gasteiger charge is -2.25. The molecule has 1 saturated heterocycles. The predicted molar refractivity (Wildman–Crippen MR) is 138 cm³/mol. The lowest BCUT2D eigenvalue weighted by Crippen LogP contribution is -2.36. The number of nitrogens with zero attached hydrogens (tertiary/aromatic N) is 3. The van der Waals surface area contributed by atoms with Crippen LogP contribution < -0.4 is 10.6 Å². The second-order valence-corrected chi connectivity index (χ2v) is 8.56. The van der Waals surface area contributed by atoms with Crippen molar-refractivity contribution in [1.29, 1.82) is 0 Å². The topological polar surface area (TPSA) is 114 Å². The molecule has 2 aromatic heterocycles. The molecule has 0 unspecified atom stereocenters. The van der Waals surface area contributed by atoms with E-state index >= 15 is 0 Å². The first-order chi connectivity index (χ1) is 17.5. The Labute approximate surface area is 211 Å². The van der Waals surface area contributed by atoms with E-state index in [1.54, 1.807) is 29.3 Å². The van der Waals surface area contributed by atoms with Crippen molar-refractivity contribution in [2.24, 2.45) is 0 Å². The molecule has 2 atom stereocenters. The maximum Gasteiger partial charge on any atom is 0.269 e. The van der Waals surface area contributed by atoms with Crippen molar-refractivity contribution in [3.05, 3.63) is 113 Å². The molecule has 3 heterocycles. The van der Waals surface area contributed by atoms with Crippen LogP contribution in [0.4, 0.5) is 11.4 Å². The number of carbonyl (C=O) groups excluding carboxylic acids is 1. The molecular weight excluding hydrogens is 478 g/mol. The Morgan fingerprint density at radius 2 is 1.81 bits per heavy atom. The van der Waals surface area contributed by atoms with Crippen LogP contribution in [-0.2, 0) is 4.79 Å². The summed E-state index contributed by atoms with van der Waals surface area (Å²) in [5.74, 6) is 0.907. The van der Waals surface area contributed by atoms with Crippen LogP contribution in [0.1, 0.15) is 23.5 Å². The molecule has 1 amide bonds. The van der Waals surface area contributed by atoms with E-state index in [0.29, 0.717) is 27.9 Å². The number of para-hydroxylation sites is 1. The number of aromatic nitrogens is 1. The zero-order valence-electron chi connectivity index (χ0n) is 18.9. The zero-order valence-corrected chi connectivity index (χ0v) is 19.7. The minimum Gasteiger partial charge on any atom is -0.459 e. The largest absolute Gasteiger partial charge is 0.459 e. The fraction of sp³-hybridized carbons (Fsp3) is 0.115. The van der Waals surface area contributed by atoms with Crippen molar-refractivity contribution in [3.63, 3.8) is 0 Å². The molecular formula is C26H21N5O4S. The number of anilines is 1. The van der Waals surface area contributed by atoms with Gasteiger partial charge in [0.2, 0.25) is 5.91 Å². The first kappa shape index (κ1) is 23.2. The molecule has 0 bridgehead atoms. The Bertz CT molecular complexity index is 1390. The van der Waals surface area contributed by atoms with E-state index in [4.69, 9.17) is 16.6 Å². The van der Waals surface area contributed by atoms with Gasteiger partial charge in [0, 0.05) is 29.6 Å². The van der Waals surface area contributed by atoms with Gasteiger partial charge in [0.25, 0.3) is 5.69 Å². The smallest absolute Gasteiger partial charge is 0.269 e. The van der Waals surface area contributed by atoms with Crippen LogP contribution in [0.3, 0.4) is 0 Å². The lowest BCUT2D eigenvalue weighted by atomic mass is 10.0. The molecule has 0 saturated carbocycles. The van der Waals surface area contributed by atoms with Gasteiger partial charge in [0.1, 0.15) is 24.1 Å². The summed E-state index contributed by atoms with van der Waals surface area (Å²) in [6, 6.07) is 23.8. The first-order valence-corrected chi connectivity index (χ1v) is 11.6. The van der Waals surface area contributed by atoms with E-state index in [-0.39, 0.29) is 24.2 Å². The normalized spacial score (nSPS) is 17.0. The van der Waals surface area contributed by atoms with Crippen molar-refractivity contribution in [1.82, 2.24) is 15.2 Å². The molecule has 2 N–H and O–H groups in total. The van der Waals surface area contributed by atoms with Gasteiger partial charge in [-0.2, -0.15) is 0 Å². The van der Waals surface area contributed by atoms with Crippen molar-refractivity contribution in [2.75, 3.05) is 11.9 Å². The monoisotopic (exact) mass is 499 g/mol. The summed E-state index contributed by atoms with van der Waals surface area (Å²) in [4.78, 5) is 29.7. The van der Waals surface area contributed by atoms with Crippen molar-refractivity contribution in [3.8, 4) is 11.3 Å². The molecule has 180 valence electrons. The van der Waals surface area contributed by atoms with Crippen LogP contribution in [0.5, 0.6) is 0 Å². The maximum atomic E-state index is 12.9. The van der Waals surface area contributed by atoms with Gasteiger partial charge in [-0.3, -0.25) is 19.9 Å². The lowest BCUT2D eigenvalue weighted by molar-refractivity contribution is -0.384. The van der Waals surface area contributed by atoms with Crippen molar-refractivity contribution >= 4 is 34.6 Å². The Morgan fingerprint density at radius 1 is 1.06 bits per heavy atom. The molecule has 4 aromatic rings. The van der Waals surface area contributed by atoms with E-state index in [0.717, 1.165) is 5.69 Å². The summed E-state index contributed by atoms with van der Waals surface area (Å²) in [7, 11) is 0. The predicted octanol–water partition coefficient (Wildman–Crippen LogP) is 4.86. The minimum absolute atomic E-state index is 0.00157. The summed E-state index contributed by atoms with van der Waals surface area (Å²) < 4.78 is 6.21. The molecule has 0 aliphatic carbocycles. The number of hydrogen-bond donors (Lipinski definition) is 2. The molecule has 2 aromatic carbocycles. The first-order valence-electron chi connectivity index (χ1n) is 11.2. The number of thiocarbonyl (C=S) groups is 1. The van der Waals surface area contributed by atoms with Crippen LogP contribution in [0, 0.1) is 10.1 Å². The van der Waals surface area contributed by atoms with Gasteiger partial charge >= 0.3 is 0 Å². The average Bonchev–Trinajstić information content (AvgIpc) is 3.50. The molecule has 0 radical (unpaired) electrons. The second kappa shape index (κ2) is 9.96. The fourth-order valence-electron chi connectivity index (χ4n) is 4.18. The molecule has 5 rings (SSSR count). The van der Waals surface area contributed by atoms with Crippen LogP contribution in [0.15, 0.2) is 95.5 Å². The number of nitro benzene ring substituents is 1. The van der Waals surface area contributed by atoms with Gasteiger partial charge in [0.15, 0.2) is 5.11 Å². The van der Waals surface area contributed by atoms with Gasteiger partial charge in [-0.25, -0.2) is 0 Å². The molecule has 10 heteroatoms. The molecule has 36 heavy (non-hydrogen) atoms. The third-order valence-electron chi connectivity index (χ3n) is 5.85. The Hall–Kier alpha value is -4.57. The number of rotatable bonds is 7. The van der Waals surface area contributed by atoms with Crippen LogP contribution in [-0.4, -0.2) is 32.4 Å². The number of non-ortho nitro benzene ring substituents is 1. The van der Waals surface area contributed by atoms with Crippen LogP contribution in [0.2, 0.25) is 0 Å². The molecule has 1 aliphatic heterocycles. The summed E-state index contributed by atoms with van der Waals surface area (Å²) in [5, 5.41) is 17.6. The molecule has 0 spiro atoms.